The van der Waals surface area contributed by atoms with Gasteiger partial charge >= 0.3 is 39.5 Å². The molecule has 0 saturated heterocycles. The summed E-state index contributed by atoms with van der Waals surface area (Å²) in [4.78, 5) is 72.3. The smallest absolute Gasteiger partial charge is 0.462 e. The number of hydrogen-bond donors (Lipinski definition) is 3. The predicted molar refractivity (Wildman–Crippen MR) is 345 cm³/mol. The van der Waals surface area contributed by atoms with E-state index in [0.717, 1.165) is 95.8 Å². The van der Waals surface area contributed by atoms with E-state index in [1.54, 1.807) is 0 Å². The molecule has 3 N–H and O–H groups in total. The highest BCUT2D eigenvalue weighted by molar-refractivity contribution is 7.47. The van der Waals surface area contributed by atoms with Crippen molar-refractivity contribution in [1.29, 1.82) is 0 Å². The Kier molecular flexibility index (Phi) is 59.2. The molecule has 0 saturated carbocycles. The summed E-state index contributed by atoms with van der Waals surface area (Å²) in [6.07, 6.45) is 45.6. The summed E-state index contributed by atoms with van der Waals surface area (Å²) < 4.78 is 68.1. The van der Waals surface area contributed by atoms with Crippen LogP contribution in [0, 0.1) is 5.92 Å². The summed E-state index contributed by atoms with van der Waals surface area (Å²) >= 11 is 0. The molecule has 0 aliphatic rings. The molecule has 17 nitrogen and oxygen atoms in total. The minimum Gasteiger partial charge on any atom is -0.462 e. The number of rotatable bonds is 67. The lowest BCUT2D eigenvalue weighted by Gasteiger charge is -2.21. The van der Waals surface area contributed by atoms with Crippen LogP contribution in [0.5, 0.6) is 0 Å². The van der Waals surface area contributed by atoms with Crippen LogP contribution in [0.25, 0.3) is 0 Å². The highest BCUT2D eigenvalue weighted by atomic mass is 31.2. The van der Waals surface area contributed by atoms with Crippen LogP contribution in [0.15, 0.2) is 0 Å². The second-order valence-electron chi connectivity index (χ2n) is 24.7. The maximum Gasteiger partial charge on any atom is 0.472 e. The molecule has 0 aromatic carbocycles. The second-order valence-corrected chi connectivity index (χ2v) is 27.6. The van der Waals surface area contributed by atoms with Gasteiger partial charge in [-0.2, -0.15) is 0 Å². The van der Waals surface area contributed by atoms with Crippen molar-refractivity contribution in [1.82, 2.24) is 0 Å². The molecule has 19 heteroatoms. The number of aliphatic hydroxyl groups excluding tert-OH is 1. The fourth-order valence-electron chi connectivity index (χ4n) is 10.1. The lowest BCUT2D eigenvalue weighted by Crippen LogP contribution is -2.30. The van der Waals surface area contributed by atoms with Crippen molar-refractivity contribution < 1.29 is 80.2 Å². The third-order valence-corrected chi connectivity index (χ3v) is 17.4. The van der Waals surface area contributed by atoms with Crippen LogP contribution in [0.3, 0.4) is 0 Å². The van der Waals surface area contributed by atoms with Gasteiger partial charge in [-0.15, -0.1) is 0 Å². The molecule has 0 amide bonds. The number of carbonyl (C=O) groups excluding carboxylic acids is 4. The van der Waals surface area contributed by atoms with Gasteiger partial charge < -0.3 is 33.8 Å². The third-order valence-electron chi connectivity index (χ3n) is 15.5. The molecule has 0 aromatic rings. The van der Waals surface area contributed by atoms with Crippen molar-refractivity contribution >= 4 is 39.5 Å². The molecule has 0 rings (SSSR count). The van der Waals surface area contributed by atoms with Crippen LogP contribution < -0.4 is 0 Å². The summed E-state index contributed by atoms with van der Waals surface area (Å²) in [5, 5.41) is 10.6. The number of carbonyl (C=O) groups is 4. The van der Waals surface area contributed by atoms with E-state index in [4.69, 9.17) is 37.0 Å². The molecule has 86 heavy (non-hydrogen) atoms. The van der Waals surface area contributed by atoms with Gasteiger partial charge in [-0.3, -0.25) is 37.3 Å². The molecular weight excluding hydrogens is 1140 g/mol. The van der Waals surface area contributed by atoms with Crippen LogP contribution >= 0.6 is 15.6 Å². The number of aliphatic hydroxyl groups is 1. The van der Waals surface area contributed by atoms with Crippen molar-refractivity contribution in [3.63, 3.8) is 0 Å². The Hall–Kier alpha value is -1.94. The summed E-state index contributed by atoms with van der Waals surface area (Å²) in [7, 11) is -9.89. The predicted octanol–water partition coefficient (Wildman–Crippen LogP) is 19.0. The van der Waals surface area contributed by atoms with Gasteiger partial charge in [0.2, 0.25) is 0 Å². The number of ether oxygens (including phenoxy) is 4. The highest BCUT2D eigenvalue weighted by Gasteiger charge is 2.30. The number of phosphoric ester groups is 2. The van der Waals surface area contributed by atoms with E-state index in [2.05, 4.69) is 34.6 Å². The van der Waals surface area contributed by atoms with E-state index < -0.39 is 97.5 Å². The molecule has 0 aromatic heterocycles. The molecule has 0 fully saturated rings. The second kappa shape index (κ2) is 60.6. The summed E-state index contributed by atoms with van der Waals surface area (Å²) in [5.74, 6) is -1.37. The molecule has 0 bridgehead atoms. The van der Waals surface area contributed by atoms with Gasteiger partial charge in [-0.25, -0.2) is 9.13 Å². The minimum atomic E-state index is -4.95. The summed E-state index contributed by atoms with van der Waals surface area (Å²) in [6.45, 7) is 7.20. The third kappa shape index (κ3) is 60.9. The molecule has 5 atom stereocenters. The molecular formula is C67H130O17P2. The van der Waals surface area contributed by atoms with E-state index in [-0.39, 0.29) is 25.7 Å². The maximum atomic E-state index is 13.0. The van der Waals surface area contributed by atoms with Crippen molar-refractivity contribution in [2.24, 2.45) is 5.92 Å². The van der Waals surface area contributed by atoms with Crippen LogP contribution in [0.1, 0.15) is 343 Å². The zero-order valence-corrected chi connectivity index (χ0v) is 57.2. The number of hydrogen-bond acceptors (Lipinski definition) is 15. The first-order valence-corrected chi connectivity index (χ1v) is 38.1. The highest BCUT2D eigenvalue weighted by Crippen LogP contribution is 2.45. The lowest BCUT2D eigenvalue weighted by molar-refractivity contribution is -0.161. The standard InChI is InChI=1S/C67H130O17P2/c1-6-9-12-15-18-21-23-25-31-36-41-46-51-65(70)78-57-63(84-67(72)53-48-43-38-33-28-27-30-34-39-44-49-60(4)5)59-82-86(75,76)80-55-61(68)54-79-85(73,74)81-58-62(56-77-64(69)50-45-40-35-29-20-17-14-11-8-3)83-66(71)52-47-42-37-32-26-24-22-19-16-13-10-7-2/h60-63,68H,6-59H2,1-5H3,(H,73,74)(H,75,76)/t61-,62+,63+/m0/s1. The number of unbranched alkanes of at least 4 members (excludes halogenated alkanes) is 39. The average molecular weight is 1270 g/mol. The molecule has 0 heterocycles. The van der Waals surface area contributed by atoms with Crippen molar-refractivity contribution in [3.05, 3.63) is 0 Å². The quantitative estimate of drug-likeness (QED) is 0.0222. The van der Waals surface area contributed by atoms with E-state index in [1.807, 2.05) is 0 Å². The van der Waals surface area contributed by atoms with E-state index >= 15 is 0 Å². The number of phosphoric acid groups is 2. The molecule has 2 unspecified atom stereocenters. The van der Waals surface area contributed by atoms with Crippen molar-refractivity contribution in [2.45, 2.75) is 361 Å². The van der Waals surface area contributed by atoms with Crippen molar-refractivity contribution in [2.75, 3.05) is 39.6 Å². The van der Waals surface area contributed by atoms with Gasteiger partial charge in [0.15, 0.2) is 12.2 Å². The monoisotopic (exact) mass is 1270 g/mol. The fraction of sp³-hybridized carbons (Fsp3) is 0.940. The van der Waals surface area contributed by atoms with Crippen LogP contribution in [0.4, 0.5) is 0 Å². The first-order chi connectivity index (χ1) is 41.5. The van der Waals surface area contributed by atoms with E-state index in [0.29, 0.717) is 25.7 Å². The Balaban J connectivity index is 5.24. The van der Waals surface area contributed by atoms with Gasteiger partial charge in [0.25, 0.3) is 0 Å². The lowest BCUT2D eigenvalue weighted by atomic mass is 10.0. The van der Waals surface area contributed by atoms with Gasteiger partial charge in [0.1, 0.15) is 19.3 Å². The minimum absolute atomic E-state index is 0.106. The Labute approximate surface area is 524 Å². The Morgan fingerprint density at radius 1 is 0.314 bits per heavy atom. The fourth-order valence-corrected chi connectivity index (χ4v) is 11.7. The molecule has 0 radical (unpaired) electrons. The molecule has 0 aliphatic carbocycles. The SMILES string of the molecule is CCCCCCCCCCCCCCC(=O)OC[C@H](COP(=O)(O)OC[C@@H](O)COP(=O)(O)OC[C@@H](COC(=O)CCCCCCCCCCC)OC(=O)CCCCCCCCCCCCCC)OC(=O)CCCCCCCCCCCCC(C)C. The van der Waals surface area contributed by atoms with Gasteiger partial charge in [0.05, 0.1) is 26.4 Å². The largest absolute Gasteiger partial charge is 0.472 e. The first-order valence-electron chi connectivity index (χ1n) is 35.1. The zero-order valence-electron chi connectivity index (χ0n) is 55.4. The molecule has 0 aliphatic heterocycles. The Morgan fingerprint density at radius 3 is 0.791 bits per heavy atom. The first kappa shape index (κ1) is 84.1. The van der Waals surface area contributed by atoms with Crippen LogP contribution in [-0.4, -0.2) is 96.7 Å². The van der Waals surface area contributed by atoms with Gasteiger partial charge in [-0.1, -0.05) is 291 Å². The maximum absolute atomic E-state index is 13.0. The summed E-state index contributed by atoms with van der Waals surface area (Å²) in [6, 6.07) is 0. The van der Waals surface area contributed by atoms with Gasteiger partial charge in [-0.05, 0) is 31.6 Å². The van der Waals surface area contributed by atoms with Crippen LogP contribution in [-0.2, 0) is 65.4 Å². The Morgan fingerprint density at radius 2 is 0.535 bits per heavy atom. The summed E-state index contributed by atoms with van der Waals surface area (Å²) in [5.41, 5.74) is 0. The van der Waals surface area contributed by atoms with Gasteiger partial charge in [0, 0.05) is 25.7 Å². The zero-order chi connectivity index (χ0) is 63.5. The normalized spacial score (nSPS) is 14.2. The molecule has 510 valence electrons. The van der Waals surface area contributed by atoms with E-state index in [1.165, 1.54) is 167 Å². The Bertz CT molecular complexity index is 1670. The van der Waals surface area contributed by atoms with Crippen LogP contribution in [0.2, 0.25) is 0 Å². The topological polar surface area (TPSA) is 237 Å². The molecule has 0 spiro atoms. The van der Waals surface area contributed by atoms with Crippen molar-refractivity contribution in [3.8, 4) is 0 Å². The number of esters is 4. The van der Waals surface area contributed by atoms with E-state index in [9.17, 15) is 43.2 Å². The average Bonchev–Trinajstić information content (AvgIpc) is 3.69.